The summed E-state index contributed by atoms with van der Waals surface area (Å²) in [4.78, 5) is 17.6. The summed E-state index contributed by atoms with van der Waals surface area (Å²) >= 11 is 0. The average Bonchev–Trinajstić information content (AvgIpc) is 2.49. The van der Waals surface area contributed by atoms with Crippen molar-refractivity contribution in [3.63, 3.8) is 0 Å². The lowest BCUT2D eigenvalue weighted by atomic mass is 10.2. The van der Waals surface area contributed by atoms with Crippen LogP contribution in [0, 0.1) is 22.9 Å². The van der Waals surface area contributed by atoms with E-state index in [1.807, 2.05) is 0 Å². The predicted octanol–water partition coefficient (Wildman–Crippen LogP) is 2.13. The van der Waals surface area contributed by atoms with E-state index in [1.54, 1.807) is 0 Å². The predicted molar refractivity (Wildman–Crippen MR) is 104 cm³/mol. The molecule has 2 N–H and O–H groups in total. The zero-order valence-corrected chi connectivity index (χ0v) is 19.2. The highest BCUT2D eigenvalue weighted by atomic mass is 31.2. The lowest BCUT2D eigenvalue weighted by Gasteiger charge is -2.36. The van der Waals surface area contributed by atoms with E-state index < -0.39 is 8.53 Å². The van der Waals surface area contributed by atoms with E-state index in [4.69, 9.17) is 20.3 Å². The lowest BCUT2D eigenvalue weighted by molar-refractivity contribution is -0.906. The first-order chi connectivity index (χ1) is 11.7. The van der Waals surface area contributed by atoms with E-state index in [9.17, 15) is 0 Å². The van der Waals surface area contributed by atoms with Crippen molar-refractivity contribution in [3.05, 3.63) is 0 Å². The fraction of sp³-hybridized carbons (Fsp3) is 0.889. The molecular formula is C18H40N5O2P. The molecule has 8 heteroatoms. The molecule has 154 valence electrons. The van der Waals surface area contributed by atoms with Crippen molar-refractivity contribution in [2.24, 2.45) is 5.50 Å². The van der Waals surface area contributed by atoms with Gasteiger partial charge in [0.05, 0.1) is 37.3 Å². The number of nitrogens with two attached hydrogens (primary N) is 1. The molecule has 0 unspecified atom stereocenters. The lowest BCUT2D eigenvalue weighted by Crippen LogP contribution is -2.53. The Balaban J connectivity index is -0.000000338. The van der Waals surface area contributed by atoms with Gasteiger partial charge >= 0.3 is 12.4 Å². The van der Waals surface area contributed by atoms with Crippen LogP contribution in [0.3, 0.4) is 0 Å². The number of hydrogen-bond acceptors (Lipinski definition) is 5. The number of nitrogens with zero attached hydrogens (tertiary/aromatic N) is 4. The van der Waals surface area contributed by atoms with Crippen LogP contribution in [0.25, 0.3) is 0 Å². The first-order valence-corrected chi connectivity index (χ1v) is 10.5. The Morgan fingerprint density at radius 1 is 0.731 bits per heavy atom. The van der Waals surface area contributed by atoms with E-state index >= 15 is 0 Å². The minimum atomic E-state index is -2.62. The molecule has 0 rings (SSSR count). The van der Waals surface area contributed by atoms with E-state index in [0.29, 0.717) is 33.1 Å². The van der Waals surface area contributed by atoms with Gasteiger partial charge in [0.15, 0.2) is 0 Å². The normalized spacial score (nSPS) is 11.7. The molecule has 0 saturated carbocycles. The van der Waals surface area contributed by atoms with Crippen LogP contribution in [0.15, 0.2) is 0 Å². The molecule has 0 saturated heterocycles. The first-order valence-electron chi connectivity index (χ1n) is 9.22. The molecule has 0 radical (unpaired) electrons. The van der Waals surface area contributed by atoms with Gasteiger partial charge in [0.2, 0.25) is 0 Å². The summed E-state index contributed by atoms with van der Waals surface area (Å²) in [5.74, 6) is 0. The Hall–Kier alpha value is -0.790. The summed E-state index contributed by atoms with van der Waals surface area (Å²) in [6.07, 6.45) is 4.80. The molecule has 0 heterocycles. The molecule has 0 aliphatic rings. The van der Waals surface area contributed by atoms with Crippen molar-refractivity contribution in [2.45, 2.75) is 93.4 Å². The average molecular weight is 390 g/mol. The Morgan fingerprint density at radius 3 is 0.885 bits per heavy atom. The molecule has 0 aliphatic heterocycles. The molecule has 0 fully saturated rings. The maximum absolute atomic E-state index is 9.04. The molecule has 0 atom stereocenters. The van der Waals surface area contributed by atoms with Crippen LogP contribution in [0.2, 0.25) is 0 Å². The van der Waals surface area contributed by atoms with Crippen LogP contribution < -0.4 is 15.3 Å². The van der Waals surface area contributed by atoms with Crippen LogP contribution in [0.4, 0.5) is 0 Å². The number of hydrogen-bond donors (Lipinski definition) is 1. The fourth-order valence-corrected chi connectivity index (χ4v) is 3.26. The molecule has 0 aromatic heterocycles. The van der Waals surface area contributed by atoms with Gasteiger partial charge in [0.1, 0.15) is 0 Å². The molecule has 0 bridgehead atoms. The Kier molecular flexibility index (Phi) is 16.5. The SMILES string of the molecule is CC[N+](C#N)(C(C)C)C(C)C.CC[N+](C#N)(C(C)C)C(C)C.NP([O-])[O-]. The molecule has 0 aromatic carbocycles. The molecular weight excluding hydrogens is 349 g/mol. The zero-order valence-electron chi connectivity index (χ0n) is 18.4. The van der Waals surface area contributed by atoms with E-state index in [0.717, 1.165) is 13.1 Å². The van der Waals surface area contributed by atoms with Gasteiger partial charge in [-0.1, -0.05) is 0 Å². The summed E-state index contributed by atoms with van der Waals surface area (Å²) in [6, 6.07) is 1.57. The van der Waals surface area contributed by atoms with Crippen LogP contribution in [0.1, 0.15) is 69.2 Å². The van der Waals surface area contributed by atoms with Crippen molar-refractivity contribution in [2.75, 3.05) is 13.1 Å². The first kappa shape index (κ1) is 30.0. The largest absolute Gasteiger partial charge is 0.830 e. The summed E-state index contributed by atoms with van der Waals surface area (Å²) in [6.45, 7) is 22.8. The molecule has 0 spiro atoms. The summed E-state index contributed by atoms with van der Waals surface area (Å²) in [5, 5.41) is 18.1. The Labute approximate surface area is 162 Å². The number of rotatable bonds is 6. The quantitative estimate of drug-likeness (QED) is 0.424. The van der Waals surface area contributed by atoms with Crippen molar-refractivity contribution in [3.8, 4) is 12.4 Å². The third-order valence-corrected chi connectivity index (χ3v) is 5.10. The van der Waals surface area contributed by atoms with Gasteiger partial charge in [-0.2, -0.15) is 0 Å². The van der Waals surface area contributed by atoms with Crippen LogP contribution in [-0.2, 0) is 0 Å². The van der Waals surface area contributed by atoms with Crippen molar-refractivity contribution >= 4 is 8.53 Å². The van der Waals surface area contributed by atoms with Crippen molar-refractivity contribution < 1.29 is 18.8 Å². The minimum Gasteiger partial charge on any atom is -0.830 e. The van der Waals surface area contributed by atoms with Crippen LogP contribution in [0.5, 0.6) is 0 Å². The van der Waals surface area contributed by atoms with Gasteiger partial charge in [-0.3, -0.25) is 0 Å². The highest BCUT2D eigenvalue weighted by Gasteiger charge is 2.34. The van der Waals surface area contributed by atoms with Gasteiger partial charge in [-0.05, 0) is 69.2 Å². The summed E-state index contributed by atoms with van der Waals surface area (Å²) in [5.41, 5.74) is 4.06. The van der Waals surface area contributed by atoms with Gasteiger partial charge < -0.3 is 15.3 Å². The smallest absolute Gasteiger partial charge is 0.309 e. The summed E-state index contributed by atoms with van der Waals surface area (Å²) < 4.78 is 1.11. The topological polar surface area (TPSA) is 120 Å². The Bertz CT molecular complexity index is 383. The van der Waals surface area contributed by atoms with E-state index in [-0.39, 0.29) is 0 Å². The minimum absolute atomic E-state index is 0.394. The molecule has 0 amide bonds. The van der Waals surface area contributed by atoms with Crippen molar-refractivity contribution in [1.29, 1.82) is 10.5 Å². The number of nitriles is 2. The molecule has 7 nitrogen and oxygen atoms in total. The third-order valence-electron chi connectivity index (χ3n) is 5.10. The second kappa shape index (κ2) is 14.3. The Morgan fingerprint density at radius 2 is 0.885 bits per heavy atom. The standard InChI is InChI=1S/2C9H19N2.H2NO2P/c2*1-6-11(7-10,8(2)3)9(4)5;1-4(2)3/h2*8-9H,6H2,1-5H3;1H2/q2*+1;-2. The summed E-state index contributed by atoms with van der Waals surface area (Å²) in [7, 11) is -2.62. The monoisotopic (exact) mass is 389 g/mol. The molecule has 26 heavy (non-hydrogen) atoms. The highest BCUT2D eigenvalue weighted by Crippen LogP contribution is 2.17. The van der Waals surface area contributed by atoms with Crippen LogP contribution in [-0.4, -0.2) is 46.2 Å². The maximum Gasteiger partial charge on any atom is 0.309 e. The zero-order chi connectivity index (χ0) is 21.7. The van der Waals surface area contributed by atoms with Gasteiger partial charge in [-0.25, -0.2) is 17.5 Å². The number of quaternary nitrogens is 2. The molecule has 0 aromatic rings. The van der Waals surface area contributed by atoms with E-state index in [2.05, 4.69) is 87.1 Å². The van der Waals surface area contributed by atoms with Gasteiger partial charge in [0, 0.05) is 0 Å². The highest BCUT2D eigenvalue weighted by molar-refractivity contribution is 7.39. The fourth-order valence-electron chi connectivity index (χ4n) is 3.26. The second-order valence-electron chi connectivity index (χ2n) is 7.35. The van der Waals surface area contributed by atoms with Gasteiger partial charge in [-0.15, -0.1) is 10.5 Å². The second-order valence-corrected chi connectivity index (χ2v) is 7.92. The van der Waals surface area contributed by atoms with Crippen molar-refractivity contribution in [1.82, 2.24) is 0 Å². The van der Waals surface area contributed by atoms with E-state index in [1.165, 1.54) is 0 Å². The van der Waals surface area contributed by atoms with Gasteiger partial charge in [0.25, 0.3) is 0 Å². The maximum atomic E-state index is 9.04. The van der Waals surface area contributed by atoms with Crippen LogP contribution >= 0.6 is 8.53 Å². The molecule has 0 aliphatic carbocycles. The third kappa shape index (κ3) is 9.24.